The average molecular weight is 636 g/mol. The van der Waals surface area contributed by atoms with Crippen molar-refractivity contribution in [3.05, 3.63) is 89.8 Å². The highest BCUT2D eigenvalue weighted by atomic mass is 19.1. The molecule has 0 bridgehead atoms. The summed E-state index contributed by atoms with van der Waals surface area (Å²) in [5.74, 6) is 0.305. The number of halogens is 3. The van der Waals surface area contributed by atoms with Crippen LogP contribution in [0.2, 0.25) is 0 Å². The lowest BCUT2D eigenvalue weighted by atomic mass is 10.0. The van der Waals surface area contributed by atoms with Gasteiger partial charge in [-0.3, -0.25) is 14.1 Å². The first kappa shape index (κ1) is 28.9. The minimum absolute atomic E-state index is 0.236. The lowest BCUT2D eigenvalue weighted by Crippen LogP contribution is -2.47. The molecular formula is C35H28F3N7O2. The number of carbonyl (C=O) groups excluding carboxylic acids is 1. The number of hydrogen-bond donors (Lipinski definition) is 1. The Morgan fingerprint density at radius 3 is 2.49 bits per heavy atom. The van der Waals surface area contributed by atoms with E-state index in [2.05, 4.69) is 5.32 Å². The quantitative estimate of drug-likeness (QED) is 0.227. The third-order valence-corrected chi connectivity index (χ3v) is 8.62. The molecule has 8 rings (SSSR count). The van der Waals surface area contributed by atoms with Crippen LogP contribution in [0.15, 0.2) is 71.1 Å². The number of nitrogens with zero attached hydrogens (tertiary/aromatic N) is 6. The molecule has 0 spiro atoms. The molecular weight excluding hydrogens is 607 g/mol. The topological polar surface area (TPSA) is 91.8 Å². The van der Waals surface area contributed by atoms with E-state index in [1.807, 2.05) is 52.6 Å². The molecule has 5 aromatic heterocycles. The fraction of sp³-hybridized carbons (Fsp3) is 0.200. The smallest absolute Gasteiger partial charge is 0.255 e. The standard InChI is InChI=1S/C35H28F3N7O2/c1-39-34(46)30-23-13-22(33(43(2)3)42-35(23)47-32(30)18-7-9-19(36)10-8-18)25-11-12-26-31(41-25)28-14-21-24(38)5-4-6-27(21)45(28)29(40-26)17-44-15-20(37)16-44/h4-14,20H,15-17H2,1-3H3,(H,39,46). The molecule has 1 aliphatic rings. The van der Waals surface area contributed by atoms with E-state index in [-0.39, 0.29) is 28.8 Å². The first-order chi connectivity index (χ1) is 22.7. The number of fused-ring (bicyclic) bond motifs is 6. The van der Waals surface area contributed by atoms with Crippen molar-refractivity contribution in [3.63, 3.8) is 0 Å². The maximum Gasteiger partial charge on any atom is 0.255 e. The Bertz CT molecular complexity index is 2380. The summed E-state index contributed by atoms with van der Waals surface area (Å²) in [6.45, 7) is 1.05. The van der Waals surface area contributed by atoms with Gasteiger partial charge in [-0.25, -0.2) is 23.1 Å². The highest BCUT2D eigenvalue weighted by molar-refractivity contribution is 6.11. The molecule has 1 aliphatic heterocycles. The first-order valence-electron chi connectivity index (χ1n) is 15.1. The number of likely N-dealkylation sites (tertiary alicyclic amines) is 1. The Morgan fingerprint density at radius 1 is 0.979 bits per heavy atom. The number of hydrogen-bond acceptors (Lipinski definition) is 7. The minimum Gasteiger partial charge on any atom is -0.437 e. The van der Waals surface area contributed by atoms with Gasteiger partial charge in [0, 0.05) is 50.7 Å². The number of alkyl halides is 1. The van der Waals surface area contributed by atoms with Gasteiger partial charge in [-0.15, -0.1) is 0 Å². The van der Waals surface area contributed by atoms with Crippen LogP contribution in [0.5, 0.6) is 0 Å². The largest absolute Gasteiger partial charge is 0.437 e. The van der Waals surface area contributed by atoms with E-state index < -0.39 is 12.0 Å². The Hall–Kier alpha value is -5.49. The second-order valence-electron chi connectivity index (χ2n) is 11.9. The number of rotatable bonds is 6. The fourth-order valence-corrected chi connectivity index (χ4v) is 6.36. The molecule has 1 amide bonds. The maximum absolute atomic E-state index is 15.1. The van der Waals surface area contributed by atoms with Gasteiger partial charge in [-0.1, -0.05) is 6.07 Å². The lowest BCUT2D eigenvalue weighted by Gasteiger charge is -2.34. The van der Waals surface area contributed by atoms with E-state index in [9.17, 15) is 13.6 Å². The summed E-state index contributed by atoms with van der Waals surface area (Å²) in [7, 11) is 5.21. The summed E-state index contributed by atoms with van der Waals surface area (Å²) in [6, 6.07) is 17.9. The van der Waals surface area contributed by atoms with Crippen molar-refractivity contribution in [2.75, 3.05) is 39.1 Å². The van der Waals surface area contributed by atoms with Gasteiger partial charge in [0.25, 0.3) is 5.91 Å². The molecule has 236 valence electrons. The summed E-state index contributed by atoms with van der Waals surface area (Å²) < 4.78 is 50.5. The van der Waals surface area contributed by atoms with Crippen molar-refractivity contribution < 1.29 is 22.4 Å². The van der Waals surface area contributed by atoms with Crippen LogP contribution in [-0.4, -0.2) is 70.6 Å². The number of carbonyl (C=O) groups is 1. The SMILES string of the molecule is CNC(=O)c1c(-c2ccc(F)cc2)oc2nc(N(C)C)c(-c3ccc4nc(CN5CC(F)C5)n5c6cccc(F)c6cc5c4n3)cc12. The van der Waals surface area contributed by atoms with Gasteiger partial charge in [-0.2, -0.15) is 4.98 Å². The van der Waals surface area contributed by atoms with E-state index in [1.54, 1.807) is 24.3 Å². The van der Waals surface area contributed by atoms with E-state index in [1.165, 1.54) is 25.2 Å². The van der Waals surface area contributed by atoms with E-state index in [0.717, 1.165) is 0 Å². The summed E-state index contributed by atoms with van der Waals surface area (Å²) in [6.07, 6.45) is -0.864. The molecule has 47 heavy (non-hydrogen) atoms. The van der Waals surface area contributed by atoms with Crippen LogP contribution in [0.3, 0.4) is 0 Å². The second kappa shape index (κ2) is 10.8. The molecule has 1 fully saturated rings. The lowest BCUT2D eigenvalue weighted by molar-refractivity contribution is 0.0567. The molecule has 7 aromatic rings. The van der Waals surface area contributed by atoms with Gasteiger partial charge >= 0.3 is 0 Å². The molecule has 0 unspecified atom stereocenters. The van der Waals surface area contributed by atoms with E-state index in [0.29, 0.717) is 80.9 Å². The Labute approximate surface area is 266 Å². The van der Waals surface area contributed by atoms with Crippen molar-refractivity contribution in [3.8, 4) is 22.6 Å². The van der Waals surface area contributed by atoms with Crippen molar-refractivity contribution in [1.82, 2.24) is 29.6 Å². The fourth-order valence-electron chi connectivity index (χ4n) is 6.36. The number of nitrogens with one attached hydrogen (secondary N) is 1. The zero-order chi connectivity index (χ0) is 32.6. The normalized spacial score (nSPS) is 14.0. The molecule has 0 aliphatic carbocycles. The van der Waals surface area contributed by atoms with Gasteiger partial charge in [0.15, 0.2) is 0 Å². The number of anilines is 1. The summed E-state index contributed by atoms with van der Waals surface area (Å²) >= 11 is 0. The monoisotopic (exact) mass is 635 g/mol. The summed E-state index contributed by atoms with van der Waals surface area (Å²) in [4.78, 5) is 31.8. The van der Waals surface area contributed by atoms with Crippen LogP contribution in [0, 0.1) is 11.6 Å². The number of furan rings is 1. The Morgan fingerprint density at radius 2 is 1.77 bits per heavy atom. The van der Waals surface area contributed by atoms with Crippen LogP contribution in [0.4, 0.5) is 19.0 Å². The zero-order valence-corrected chi connectivity index (χ0v) is 25.7. The predicted octanol–water partition coefficient (Wildman–Crippen LogP) is 6.37. The van der Waals surface area contributed by atoms with Crippen molar-refractivity contribution in [1.29, 1.82) is 0 Å². The van der Waals surface area contributed by atoms with Crippen LogP contribution in [0.25, 0.3) is 61.1 Å². The zero-order valence-electron chi connectivity index (χ0n) is 25.7. The van der Waals surface area contributed by atoms with Crippen LogP contribution < -0.4 is 10.2 Å². The van der Waals surface area contributed by atoms with Gasteiger partial charge in [-0.05, 0) is 60.7 Å². The molecule has 12 heteroatoms. The Kier molecular flexibility index (Phi) is 6.65. The molecule has 2 aromatic carbocycles. The van der Waals surface area contributed by atoms with Gasteiger partial charge < -0.3 is 14.6 Å². The highest BCUT2D eigenvalue weighted by Gasteiger charge is 2.29. The molecule has 1 saturated heterocycles. The maximum atomic E-state index is 15.1. The minimum atomic E-state index is -0.864. The van der Waals surface area contributed by atoms with Crippen LogP contribution in [0.1, 0.15) is 16.2 Å². The summed E-state index contributed by atoms with van der Waals surface area (Å²) in [5.41, 5.74) is 4.66. The van der Waals surface area contributed by atoms with E-state index in [4.69, 9.17) is 19.4 Å². The number of amides is 1. The average Bonchev–Trinajstić information content (AvgIpc) is 3.63. The van der Waals surface area contributed by atoms with Gasteiger partial charge in [0.05, 0.1) is 39.7 Å². The number of aromatic nitrogens is 4. The molecule has 0 atom stereocenters. The molecule has 1 N–H and O–H groups in total. The Balaban J connectivity index is 1.36. The van der Waals surface area contributed by atoms with Crippen molar-refractivity contribution >= 4 is 50.3 Å². The molecule has 9 nitrogen and oxygen atoms in total. The van der Waals surface area contributed by atoms with Gasteiger partial charge in [0.2, 0.25) is 5.71 Å². The molecule has 0 radical (unpaired) electrons. The molecule has 6 heterocycles. The van der Waals surface area contributed by atoms with Crippen molar-refractivity contribution in [2.24, 2.45) is 0 Å². The highest BCUT2D eigenvalue weighted by Crippen LogP contribution is 2.39. The van der Waals surface area contributed by atoms with Crippen molar-refractivity contribution in [2.45, 2.75) is 12.7 Å². The second-order valence-corrected chi connectivity index (χ2v) is 11.9. The van der Waals surface area contributed by atoms with Crippen LogP contribution >= 0.6 is 0 Å². The van der Waals surface area contributed by atoms with Crippen LogP contribution in [-0.2, 0) is 6.54 Å². The third-order valence-electron chi connectivity index (χ3n) is 8.62. The van der Waals surface area contributed by atoms with Gasteiger partial charge in [0.1, 0.15) is 40.7 Å². The number of pyridine rings is 2. The summed E-state index contributed by atoms with van der Waals surface area (Å²) in [5, 5.41) is 3.57. The predicted molar refractivity (Wildman–Crippen MR) is 174 cm³/mol. The third kappa shape index (κ3) is 4.66. The number of benzene rings is 2. The molecule has 0 saturated carbocycles. The first-order valence-corrected chi connectivity index (χ1v) is 15.1. The van der Waals surface area contributed by atoms with E-state index >= 15 is 4.39 Å².